The van der Waals surface area contributed by atoms with Gasteiger partial charge in [-0.2, -0.15) is 0 Å². The van der Waals surface area contributed by atoms with E-state index in [1.807, 2.05) is 12.1 Å². The maximum Gasteiger partial charge on any atom is 0.0605 e. The minimum atomic E-state index is 0.529. The lowest BCUT2D eigenvalue weighted by molar-refractivity contribution is 0.642. The number of nitrogens with one attached hydrogen (secondary N) is 1. The summed E-state index contributed by atoms with van der Waals surface area (Å²) < 4.78 is 0. The minimum Gasteiger partial charge on any atom is -0.397 e. The summed E-state index contributed by atoms with van der Waals surface area (Å²) in [6, 6.07) is 6.59. The Morgan fingerprint density at radius 3 is 2.80 bits per heavy atom. The lowest BCUT2D eigenvalue weighted by Gasteiger charge is -2.18. The Bertz CT molecular complexity index is 322. The predicted octanol–water partition coefficient (Wildman–Crippen LogP) is 3.18. The molecule has 1 aromatic rings. The first kappa shape index (κ1) is 10.3. The molecule has 1 saturated carbocycles. The van der Waals surface area contributed by atoms with Gasteiger partial charge < -0.3 is 11.1 Å². The fourth-order valence-corrected chi connectivity index (χ4v) is 2.05. The number of nitrogen functional groups attached to an aromatic ring is 1. The van der Waals surface area contributed by atoms with Gasteiger partial charge in [0.25, 0.3) is 0 Å². The zero-order valence-electron chi connectivity index (χ0n) is 9.59. The van der Waals surface area contributed by atoms with Crippen LogP contribution in [0.15, 0.2) is 18.2 Å². The van der Waals surface area contributed by atoms with Crippen LogP contribution in [0, 0.1) is 12.8 Å². The van der Waals surface area contributed by atoms with Gasteiger partial charge in [0.1, 0.15) is 0 Å². The molecular weight excluding hydrogens is 184 g/mol. The molecule has 0 saturated heterocycles. The van der Waals surface area contributed by atoms with Crippen LogP contribution >= 0.6 is 0 Å². The molecule has 0 aromatic heterocycles. The molecular formula is C13H20N2. The van der Waals surface area contributed by atoms with Crippen molar-refractivity contribution in [1.29, 1.82) is 0 Å². The molecule has 0 amide bonds. The lowest BCUT2D eigenvalue weighted by atomic mass is 10.1. The molecule has 1 fully saturated rings. The van der Waals surface area contributed by atoms with Crippen LogP contribution in [0.4, 0.5) is 11.4 Å². The molecule has 82 valence electrons. The van der Waals surface area contributed by atoms with Crippen molar-refractivity contribution in [3.8, 4) is 0 Å². The second-order valence-corrected chi connectivity index (χ2v) is 4.76. The fourth-order valence-electron chi connectivity index (χ4n) is 2.05. The van der Waals surface area contributed by atoms with Crippen LogP contribution in [-0.4, -0.2) is 6.04 Å². The van der Waals surface area contributed by atoms with Gasteiger partial charge in [-0.15, -0.1) is 0 Å². The highest BCUT2D eigenvalue weighted by Gasteiger charge is 2.23. The maximum atomic E-state index is 5.95. The third-order valence-corrected chi connectivity index (χ3v) is 3.08. The number of hydrogen-bond acceptors (Lipinski definition) is 2. The topological polar surface area (TPSA) is 38.0 Å². The third-order valence-electron chi connectivity index (χ3n) is 3.08. The van der Waals surface area contributed by atoms with E-state index in [-0.39, 0.29) is 0 Å². The standard InChI is InChI=1S/C13H20N2/c1-9-4-3-5-12(14)13(9)15-10(2)8-11-6-7-11/h3-5,10-11,15H,6-8,14H2,1-2H3. The Labute approximate surface area is 91.9 Å². The molecule has 2 nitrogen and oxygen atoms in total. The van der Waals surface area contributed by atoms with Gasteiger partial charge in [-0.3, -0.25) is 0 Å². The first-order valence-corrected chi connectivity index (χ1v) is 5.78. The summed E-state index contributed by atoms with van der Waals surface area (Å²) in [5.74, 6) is 0.956. The van der Waals surface area contributed by atoms with E-state index in [4.69, 9.17) is 5.73 Å². The van der Waals surface area contributed by atoms with Gasteiger partial charge in [0, 0.05) is 6.04 Å². The molecule has 3 N–H and O–H groups in total. The second-order valence-electron chi connectivity index (χ2n) is 4.76. The normalized spacial score (nSPS) is 17.5. The summed E-state index contributed by atoms with van der Waals surface area (Å²) in [6.07, 6.45) is 4.10. The van der Waals surface area contributed by atoms with Gasteiger partial charge in [0.2, 0.25) is 0 Å². The zero-order chi connectivity index (χ0) is 10.8. The first-order chi connectivity index (χ1) is 7.16. The largest absolute Gasteiger partial charge is 0.397 e. The fraction of sp³-hybridized carbons (Fsp3) is 0.538. The Kier molecular flexibility index (Phi) is 2.85. The van der Waals surface area contributed by atoms with E-state index in [0.29, 0.717) is 6.04 Å². The maximum absolute atomic E-state index is 5.95. The molecule has 1 aromatic carbocycles. The predicted molar refractivity (Wildman–Crippen MR) is 66.0 cm³/mol. The molecule has 0 heterocycles. The Hall–Kier alpha value is -1.18. The van der Waals surface area contributed by atoms with Crippen molar-refractivity contribution in [2.45, 2.75) is 39.2 Å². The highest BCUT2D eigenvalue weighted by Crippen LogP contribution is 2.34. The molecule has 0 radical (unpaired) electrons. The van der Waals surface area contributed by atoms with Gasteiger partial charge in [-0.25, -0.2) is 0 Å². The average Bonchev–Trinajstić information content (AvgIpc) is 2.95. The number of para-hydroxylation sites is 1. The summed E-state index contributed by atoms with van der Waals surface area (Å²) in [4.78, 5) is 0. The van der Waals surface area contributed by atoms with Gasteiger partial charge in [-0.1, -0.05) is 25.0 Å². The van der Waals surface area contributed by atoms with Crippen molar-refractivity contribution >= 4 is 11.4 Å². The molecule has 2 rings (SSSR count). The van der Waals surface area contributed by atoms with Gasteiger partial charge >= 0.3 is 0 Å². The molecule has 0 aliphatic heterocycles. The number of nitrogens with two attached hydrogens (primary N) is 1. The van der Waals surface area contributed by atoms with E-state index in [0.717, 1.165) is 17.3 Å². The smallest absolute Gasteiger partial charge is 0.0605 e. The van der Waals surface area contributed by atoms with Crippen LogP contribution in [0.5, 0.6) is 0 Å². The Morgan fingerprint density at radius 2 is 2.20 bits per heavy atom. The van der Waals surface area contributed by atoms with E-state index in [9.17, 15) is 0 Å². The van der Waals surface area contributed by atoms with Crippen LogP contribution in [-0.2, 0) is 0 Å². The van der Waals surface area contributed by atoms with Crippen LogP contribution in [0.2, 0.25) is 0 Å². The highest BCUT2D eigenvalue weighted by atomic mass is 14.9. The van der Waals surface area contributed by atoms with Crippen LogP contribution < -0.4 is 11.1 Å². The molecule has 1 aliphatic carbocycles. The third kappa shape index (κ3) is 2.65. The molecule has 0 spiro atoms. The number of rotatable bonds is 4. The van der Waals surface area contributed by atoms with Crippen molar-refractivity contribution in [3.63, 3.8) is 0 Å². The van der Waals surface area contributed by atoms with E-state index in [1.54, 1.807) is 0 Å². The van der Waals surface area contributed by atoms with E-state index in [1.165, 1.54) is 24.8 Å². The summed E-state index contributed by atoms with van der Waals surface area (Å²) in [5.41, 5.74) is 9.16. The van der Waals surface area contributed by atoms with Crippen molar-refractivity contribution in [2.75, 3.05) is 11.1 Å². The number of aryl methyl sites for hydroxylation is 1. The van der Waals surface area contributed by atoms with Crippen molar-refractivity contribution in [2.24, 2.45) is 5.92 Å². The number of benzene rings is 1. The SMILES string of the molecule is Cc1cccc(N)c1NC(C)CC1CC1. The summed E-state index contributed by atoms with van der Waals surface area (Å²) in [5, 5.41) is 3.52. The summed E-state index contributed by atoms with van der Waals surface area (Å²) >= 11 is 0. The van der Waals surface area contributed by atoms with Crippen LogP contribution in [0.25, 0.3) is 0 Å². The molecule has 0 bridgehead atoms. The monoisotopic (exact) mass is 204 g/mol. The lowest BCUT2D eigenvalue weighted by Crippen LogP contribution is -2.17. The van der Waals surface area contributed by atoms with Crippen LogP contribution in [0.3, 0.4) is 0 Å². The van der Waals surface area contributed by atoms with Crippen molar-refractivity contribution in [3.05, 3.63) is 23.8 Å². The highest BCUT2D eigenvalue weighted by molar-refractivity contribution is 5.70. The molecule has 15 heavy (non-hydrogen) atoms. The Morgan fingerprint density at radius 1 is 1.47 bits per heavy atom. The molecule has 2 heteroatoms. The minimum absolute atomic E-state index is 0.529. The van der Waals surface area contributed by atoms with Gasteiger partial charge in [0.05, 0.1) is 11.4 Å². The average molecular weight is 204 g/mol. The van der Waals surface area contributed by atoms with E-state index >= 15 is 0 Å². The molecule has 1 atom stereocenters. The number of anilines is 2. The van der Waals surface area contributed by atoms with Crippen molar-refractivity contribution in [1.82, 2.24) is 0 Å². The molecule has 1 aliphatic rings. The second kappa shape index (κ2) is 4.13. The van der Waals surface area contributed by atoms with Crippen LogP contribution in [0.1, 0.15) is 31.7 Å². The van der Waals surface area contributed by atoms with E-state index in [2.05, 4.69) is 25.2 Å². The first-order valence-electron chi connectivity index (χ1n) is 5.78. The summed E-state index contributed by atoms with van der Waals surface area (Å²) in [6.45, 7) is 4.34. The number of hydrogen-bond donors (Lipinski definition) is 2. The zero-order valence-corrected chi connectivity index (χ0v) is 9.59. The van der Waals surface area contributed by atoms with Crippen molar-refractivity contribution < 1.29 is 0 Å². The van der Waals surface area contributed by atoms with Gasteiger partial charge in [0.15, 0.2) is 0 Å². The van der Waals surface area contributed by atoms with E-state index < -0.39 is 0 Å². The summed E-state index contributed by atoms with van der Waals surface area (Å²) in [7, 11) is 0. The van der Waals surface area contributed by atoms with Gasteiger partial charge in [-0.05, 0) is 37.8 Å². The quantitative estimate of drug-likeness (QED) is 0.739. The molecule has 1 unspecified atom stereocenters. The Balaban J connectivity index is 2.01.